The van der Waals surface area contributed by atoms with E-state index in [0.29, 0.717) is 43.9 Å². The molecule has 0 spiro atoms. The number of para-hydroxylation sites is 1. The second kappa shape index (κ2) is 13.3. The Morgan fingerprint density at radius 1 is 1.03 bits per heavy atom. The van der Waals surface area contributed by atoms with Crippen molar-refractivity contribution in [2.24, 2.45) is 5.92 Å². The van der Waals surface area contributed by atoms with Gasteiger partial charge in [0.05, 0.1) is 36.8 Å². The van der Waals surface area contributed by atoms with Crippen LogP contribution in [0.2, 0.25) is 0 Å². The average molecular weight is 482 g/mol. The van der Waals surface area contributed by atoms with Gasteiger partial charge in [0, 0.05) is 25.8 Å². The standard InChI is InChI=1S/C28H39N3O4/c1-6-15-30(17-24(32)20-34-19-21(2)3)18-27-22(4)29-31(23-11-8-7-9-12-23)28(27)35-26-14-10-13-25(16-26)33-5/h7-14,16,21,24,32H,6,15,17-20H2,1-5H3/t24-/m0/s1. The molecule has 3 rings (SSSR count). The van der Waals surface area contributed by atoms with E-state index in [-0.39, 0.29) is 0 Å². The van der Waals surface area contributed by atoms with Crippen molar-refractivity contribution in [2.45, 2.75) is 46.8 Å². The maximum Gasteiger partial charge on any atom is 0.227 e. The van der Waals surface area contributed by atoms with Crippen LogP contribution in [0.4, 0.5) is 0 Å². The molecule has 0 radical (unpaired) electrons. The number of nitrogens with zero attached hydrogens (tertiary/aromatic N) is 3. The summed E-state index contributed by atoms with van der Waals surface area (Å²) in [5.74, 6) is 2.50. The van der Waals surface area contributed by atoms with Gasteiger partial charge in [0.15, 0.2) is 0 Å². The zero-order chi connectivity index (χ0) is 25.2. The van der Waals surface area contributed by atoms with Gasteiger partial charge in [-0.25, -0.2) is 4.68 Å². The Kier molecular flexibility index (Phi) is 10.1. The fourth-order valence-electron chi connectivity index (χ4n) is 3.91. The predicted molar refractivity (Wildman–Crippen MR) is 139 cm³/mol. The van der Waals surface area contributed by atoms with Crippen molar-refractivity contribution >= 4 is 0 Å². The molecule has 0 fully saturated rings. The number of rotatable bonds is 14. The van der Waals surface area contributed by atoms with Crippen LogP contribution < -0.4 is 9.47 Å². The van der Waals surface area contributed by atoms with E-state index >= 15 is 0 Å². The Balaban J connectivity index is 1.89. The fourth-order valence-corrected chi connectivity index (χ4v) is 3.91. The summed E-state index contributed by atoms with van der Waals surface area (Å²) in [6.07, 6.45) is 0.407. The van der Waals surface area contributed by atoms with Crippen LogP contribution in [-0.4, -0.2) is 59.3 Å². The molecule has 0 saturated carbocycles. The zero-order valence-electron chi connectivity index (χ0n) is 21.6. The van der Waals surface area contributed by atoms with Crippen LogP contribution in [-0.2, 0) is 11.3 Å². The predicted octanol–water partition coefficient (Wildman–Crippen LogP) is 5.23. The quantitative estimate of drug-likeness (QED) is 0.340. The van der Waals surface area contributed by atoms with Gasteiger partial charge in [-0.1, -0.05) is 45.0 Å². The molecule has 3 aromatic rings. The van der Waals surface area contributed by atoms with Crippen molar-refractivity contribution in [1.29, 1.82) is 0 Å². The van der Waals surface area contributed by atoms with E-state index < -0.39 is 6.10 Å². The molecule has 0 aliphatic carbocycles. The lowest BCUT2D eigenvalue weighted by Gasteiger charge is -2.25. The fraction of sp³-hybridized carbons (Fsp3) is 0.464. The van der Waals surface area contributed by atoms with Crippen LogP contribution >= 0.6 is 0 Å². The largest absolute Gasteiger partial charge is 0.497 e. The molecule has 0 aliphatic rings. The van der Waals surface area contributed by atoms with Crippen molar-refractivity contribution in [2.75, 3.05) is 33.4 Å². The highest BCUT2D eigenvalue weighted by Crippen LogP contribution is 2.33. The Morgan fingerprint density at radius 3 is 2.46 bits per heavy atom. The van der Waals surface area contributed by atoms with E-state index in [9.17, 15) is 5.11 Å². The molecule has 7 heteroatoms. The third kappa shape index (κ3) is 7.82. The third-order valence-corrected chi connectivity index (χ3v) is 5.55. The van der Waals surface area contributed by atoms with Gasteiger partial charge in [-0.15, -0.1) is 0 Å². The first kappa shape index (κ1) is 26.7. The molecule has 1 heterocycles. The number of hydrogen-bond acceptors (Lipinski definition) is 6. The molecule has 35 heavy (non-hydrogen) atoms. The molecule has 190 valence electrons. The second-order valence-corrected chi connectivity index (χ2v) is 9.22. The lowest BCUT2D eigenvalue weighted by molar-refractivity contribution is 0.00681. The van der Waals surface area contributed by atoms with Gasteiger partial charge < -0.3 is 19.3 Å². The molecule has 0 bridgehead atoms. The summed E-state index contributed by atoms with van der Waals surface area (Å²) < 4.78 is 19.3. The number of aryl methyl sites for hydroxylation is 1. The molecule has 1 aromatic heterocycles. The first-order valence-electron chi connectivity index (χ1n) is 12.3. The highest BCUT2D eigenvalue weighted by Gasteiger charge is 2.22. The third-order valence-electron chi connectivity index (χ3n) is 5.55. The van der Waals surface area contributed by atoms with Gasteiger partial charge in [-0.05, 0) is 50.1 Å². The van der Waals surface area contributed by atoms with Crippen molar-refractivity contribution in [3.8, 4) is 23.1 Å². The Bertz CT molecular complexity index is 1040. The number of hydrogen-bond donors (Lipinski definition) is 1. The monoisotopic (exact) mass is 481 g/mol. The average Bonchev–Trinajstić information content (AvgIpc) is 3.14. The summed E-state index contributed by atoms with van der Waals surface area (Å²) in [6.45, 7) is 11.3. The van der Waals surface area contributed by atoms with Crippen LogP contribution in [0.25, 0.3) is 5.69 Å². The van der Waals surface area contributed by atoms with Crippen molar-refractivity contribution in [3.63, 3.8) is 0 Å². The highest BCUT2D eigenvalue weighted by molar-refractivity contribution is 5.44. The lowest BCUT2D eigenvalue weighted by Crippen LogP contribution is -2.35. The zero-order valence-corrected chi connectivity index (χ0v) is 21.6. The van der Waals surface area contributed by atoms with Crippen molar-refractivity contribution in [1.82, 2.24) is 14.7 Å². The molecule has 0 unspecified atom stereocenters. The van der Waals surface area contributed by atoms with Gasteiger partial charge >= 0.3 is 0 Å². The number of methoxy groups -OCH3 is 1. The van der Waals surface area contributed by atoms with Crippen LogP contribution in [0.3, 0.4) is 0 Å². The topological polar surface area (TPSA) is 69.0 Å². The molecule has 7 nitrogen and oxygen atoms in total. The van der Waals surface area contributed by atoms with Gasteiger partial charge in [0.25, 0.3) is 0 Å². The van der Waals surface area contributed by atoms with Gasteiger partial charge in [-0.3, -0.25) is 4.90 Å². The summed E-state index contributed by atoms with van der Waals surface area (Å²) in [7, 11) is 1.64. The molecule has 2 aromatic carbocycles. The van der Waals surface area contributed by atoms with Crippen LogP contribution in [0.1, 0.15) is 38.4 Å². The summed E-state index contributed by atoms with van der Waals surface area (Å²) in [5.41, 5.74) is 2.79. The molecular weight excluding hydrogens is 442 g/mol. The first-order chi connectivity index (χ1) is 16.9. The first-order valence-corrected chi connectivity index (χ1v) is 12.3. The minimum atomic E-state index is -0.562. The maximum atomic E-state index is 10.6. The molecular formula is C28H39N3O4. The summed E-state index contributed by atoms with van der Waals surface area (Å²) in [6, 6.07) is 17.5. The SMILES string of the molecule is CCCN(Cc1c(C)nn(-c2ccccc2)c1Oc1cccc(OC)c1)C[C@H](O)COCC(C)C. The normalized spacial score (nSPS) is 12.3. The summed E-state index contributed by atoms with van der Waals surface area (Å²) >= 11 is 0. The molecule has 1 atom stereocenters. The number of aliphatic hydroxyl groups is 1. The minimum absolute atomic E-state index is 0.327. The Morgan fingerprint density at radius 2 is 1.77 bits per heavy atom. The van der Waals surface area contributed by atoms with E-state index in [4.69, 9.17) is 19.3 Å². The van der Waals surface area contributed by atoms with Crippen LogP contribution in [0.5, 0.6) is 17.4 Å². The van der Waals surface area contributed by atoms with E-state index in [1.165, 1.54) is 0 Å². The Labute approximate surface area is 209 Å². The molecule has 0 saturated heterocycles. The second-order valence-electron chi connectivity index (χ2n) is 9.22. The smallest absolute Gasteiger partial charge is 0.227 e. The van der Waals surface area contributed by atoms with Gasteiger partial charge in [-0.2, -0.15) is 5.10 Å². The van der Waals surface area contributed by atoms with Crippen LogP contribution in [0, 0.1) is 12.8 Å². The van der Waals surface area contributed by atoms with Crippen molar-refractivity contribution < 1.29 is 19.3 Å². The number of ether oxygens (including phenoxy) is 3. The van der Waals surface area contributed by atoms with E-state index in [1.54, 1.807) is 7.11 Å². The molecule has 0 amide bonds. The minimum Gasteiger partial charge on any atom is -0.497 e. The van der Waals surface area contributed by atoms with Gasteiger partial charge in [0.2, 0.25) is 5.88 Å². The number of aliphatic hydroxyl groups excluding tert-OH is 1. The van der Waals surface area contributed by atoms with E-state index in [1.807, 2.05) is 66.2 Å². The molecule has 1 N–H and O–H groups in total. The summed E-state index contributed by atoms with van der Waals surface area (Å²) in [5, 5.41) is 15.4. The highest BCUT2D eigenvalue weighted by atomic mass is 16.5. The molecule has 0 aliphatic heterocycles. The van der Waals surface area contributed by atoms with Crippen molar-refractivity contribution in [3.05, 3.63) is 65.9 Å². The van der Waals surface area contributed by atoms with E-state index in [0.717, 1.165) is 35.7 Å². The van der Waals surface area contributed by atoms with Gasteiger partial charge in [0.1, 0.15) is 11.5 Å². The van der Waals surface area contributed by atoms with E-state index in [2.05, 4.69) is 25.7 Å². The number of benzene rings is 2. The van der Waals surface area contributed by atoms with Crippen LogP contribution in [0.15, 0.2) is 54.6 Å². The number of aromatic nitrogens is 2. The summed E-state index contributed by atoms with van der Waals surface area (Å²) in [4.78, 5) is 2.24. The Hall–Kier alpha value is -2.87. The lowest BCUT2D eigenvalue weighted by atomic mass is 10.2. The maximum absolute atomic E-state index is 10.6.